The Bertz CT molecular complexity index is 2230. The molecule has 0 heterocycles. The van der Waals surface area contributed by atoms with E-state index in [1.54, 1.807) is 35.5 Å². The molecule has 0 fully saturated rings. The smallest absolute Gasteiger partial charge is 0.411 e. The van der Waals surface area contributed by atoms with E-state index in [0.29, 0.717) is 33.0 Å². The maximum absolute atomic E-state index is 6.14. The molecule has 0 spiro atoms. The van der Waals surface area contributed by atoms with Gasteiger partial charge in [0.05, 0.1) is 0 Å². The highest BCUT2D eigenvalue weighted by Gasteiger charge is 2.36. The number of rotatable bonds is 24. The van der Waals surface area contributed by atoms with E-state index in [0.717, 1.165) is 11.8 Å². The van der Waals surface area contributed by atoms with E-state index in [9.17, 15) is 0 Å². The van der Waals surface area contributed by atoms with E-state index in [1.165, 1.54) is 25.9 Å². The van der Waals surface area contributed by atoms with E-state index in [-0.39, 0.29) is 0 Å². The minimum Gasteiger partial charge on any atom is -0.411 e. The molecule has 0 aliphatic carbocycles. The van der Waals surface area contributed by atoms with Crippen LogP contribution in [0.2, 0.25) is 39.3 Å². The average molecular weight is 1180 g/mol. The first kappa shape index (κ1) is 72.2. The predicted molar refractivity (Wildman–Crippen MR) is 338 cm³/mol. The summed E-state index contributed by atoms with van der Waals surface area (Å²) < 4.78 is 65.3. The monoisotopic (exact) mass is 1180 g/mol. The van der Waals surface area contributed by atoms with Gasteiger partial charge >= 0.3 is 34.7 Å². The quantitative estimate of drug-likeness (QED) is 0.0539. The molecular weight excluding hydrogens is 1080 g/mol. The van der Waals surface area contributed by atoms with Crippen LogP contribution in [0, 0.1) is 0 Å². The molecule has 0 amide bonds. The second-order valence-electron chi connectivity index (χ2n) is 17.7. The zero-order valence-electron chi connectivity index (χ0n) is 50.5. The van der Waals surface area contributed by atoms with Crippen LogP contribution in [0.15, 0.2) is 182 Å². The summed E-state index contributed by atoms with van der Waals surface area (Å²) in [5.41, 5.74) is 0. The van der Waals surface area contributed by atoms with Gasteiger partial charge in [-0.15, -0.1) is 0 Å². The minimum absolute atomic E-state index is 0.655. The van der Waals surface area contributed by atoms with Gasteiger partial charge in [-0.25, -0.2) is 0 Å². The molecule has 0 aliphatic rings. The molecule has 0 aliphatic heterocycles. The molecule has 12 nitrogen and oxygen atoms in total. The molecular formula is C60H96O12Si6. The Morgan fingerprint density at radius 1 is 0.231 bits per heavy atom. The topological polar surface area (TPSA) is 111 Å². The third-order valence-corrected chi connectivity index (χ3v) is 30.8. The molecule has 0 radical (unpaired) electrons. The molecule has 432 valence electrons. The van der Waals surface area contributed by atoms with E-state index < -0.39 is 51.4 Å². The van der Waals surface area contributed by atoms with Crippen LogP contribution >= 0.6 is 0 Å². The second-order valence-corrected chi connectivity index (χ2v) is 36.7. The van der Waals surface area contributed by atoms with E-state index >= 15 is 0 Å². The van der Waals surface area contributed by atoms with E-state index in [2.05, 4.69) is 148 Å². The Kier molecular flexibility index (Phi) is 36.6. The first-order valence-corrected chi connectivity index (χ1v) is 40.7. The van der Waals surface area contributed by atoms with E-state index in [1.807, 2.05) is 122 Å². The van der Waals surface area contributed by atoms with Gasteiger partial charge in [-0.1, -0.05) is 182 Å². The maximum Gasteiger partial charge on any atom is 0.497 e. The predicted octanol–water partition coefficient (Wildman–Crippen LogP) is 9.89. The molecule has 0 aromatic heterocycles. The maximum atomic E-state index is 6.14. The minimum atomic E-state index is -2.25. The number of hydrogen-bond donors (Lipinski definition) is 0. The van der Waals surface area contributed by atoms with Gasteiger partial charge in [0.25, 0.3) is 16.6 Å². The molecule has 18 heteroatoms. The summed E-state index contributed by atoms with van der Waals surface area (Å²) >= 11 is 0. The molecule has 0 N–H and O–H groups in total. The fourth-order valence-electron chi connectivity index (χ4n) is 7.77. The molecule has 0 unspecified atom stereocenters. The molecule has 0 saturated carbocycles. The fourth-order valence-corrected chi connectivity index (χ4v) is 19.2. The van der Waals surface area contributed by atoms with Crippen molar-refractivity contribution in [2.24, 2.45) is 0 Å². The van der Waals surface area contributed by atoms with Gasteiger partial charge in [0.2, 0.25) is 0 Å². The summed E-state index contributed by atoms with van der Waals surface area (Å²) in [7, 11) is -2.64. The lowest BCUT2D eigenvalue weighted by Gasteiger charge is -2.27. The summed E-state index contributed by atoms with van der Waals surface area (Å²) in [6.45, 7) is 28.4. The zero-order chi connectivity index (χ0) is 58.4. The van der Waals surface area contributed by atoms with Gasteiger partial charge < -0.3 is 53.1 Å². The summed E-state index contributed by atoms with van der Waals surface area (Å²) in [5.74, 6) is 0. The van der Waals surface area contributed by atoms with Crippen LogP contribution < -0.4 is 31.1 Å². The van der Waals surface area contributed by atoms with Crippen LogP contribution in [-0.2, 0) is 53.1 Å². The van der Waals surface area contributed by atoms with Crippen molar-refractivity contribution in [3.8, 4) is 0 Å². The first-order valence-electron chi connectivity index (χ1n) is 26.8. The molecule has 78 heavy (non-hydrogen) atoms. The van der Waals surface area contributed by atoms with Crippen LogP contribution in [0.3, 0.4) is 0 Å². The number of benzene rings is 6. The van der Waals surface area contributed by atoms with Crippen molar-refractivity contribution in [2.75, 3.05) is 82.3 Å². The van der Waals surface area contributed by atoms with Gasteiger partial charge in [0, 0.05) is 95.4 Å². The van der Waals surface area contributed by atoms with Crippen LogP contribution in [-0.4, -0.2) is 134 Å². The van der Waals surface area contributed by atoms with Crippen molar-refractivity contribution in [1.29, 1.82) is 0 Å². The highest BCUT2D eigenvalue weighted by molar-refractivity contribution is 6.97. The molecule has 0 bridgehead atoms. The van der Waals surface area contributed by atoms with Crippen LogP contribution in [0.5, 0.6) is 0 Å². The van der Waals surface area contributed by atoms with Crippen LogP contribution in [0.4, 0.5) is 0 Å². The summed E-state index contributed by atoms with van der Waals surface area (Å²) in [5, 5.41) is 7.63. The third kappa shape index (κ3) is 24.5. The SMILES string of the molecule is CCO[Si](C)(OCC)OCC.CCO[Si](C)(OCC)c1ccccc1.CCO[Si](C)(c1ccccc1)c1ccccc1.CO[Si](C)(OC)OC.CO[Si](C)(OC)c1ccccc1.CO[Si](C)(c1ccccc1)c1ccccc1. The van der Waals surface area contributed by atoms with Crippen molar-refractivity contribution in [2.45, 2.75) is 80.8 Å². The van der Waals surface area contributed by atoms with E-state index in [4.69, 9.17) is 53.1 Å². The normalized spacial score (nSPS) is 11.6. The van der Waals surface area contributed by atoms with Crippen LogP contribution in [0.1, 0.15) is 41.5 Å². The standard InChI is InChI=1S/C15H18OSi.C14H16OSi.C11H18O2Si.C9H14O2Si.C7H18O3Si.C4H12O3Si/c1-3-16-17(2,14-10-6-4-7-11-14)15-12-8-5-9-13-15;1-15-16(2,13-9-5-3-6-10-13)14-11-7-4-8-12-14;1-4-12-14(3,13-5-2)11-9-7-6-8-10-11;1-10-12(3,11-2)9-7-5-4-6-8-9;1-5-8-11(4,9-6-2)10-7-3;1-5-8(4,6-2)7-3/h4-13H,3H2,1-2H3;3-12H,1-2H3;6-10H,4-5H2,1-3H3;4-8H,1-3H3;5-7H2,1-4H3;1-4H3. The fraction of sp³-hybridized carbons (Fsp3) is 0.400. The largest absolute Gasteiger partial charge is 0.497 e. The van der Waals surface area contributed by atoms with Crippen molar-refractivity contribution < 1.29 is 53.1 Å². The van der Waals surface area contributed by atoms with Gasteiger partial charge in [-0.05, 0) is 98.9 Å². The van der Waals surface area contributed by atoms with Gasteiger partial charge in [-0.3, -0.25) is 0 Å². The molecule has 6 rings (SSSR count). The van der Waals surface area contributed by atoms with Crippen molar-refractivity contribution in [3.63, 3.8) is 0 Å². The molecule has 0 saturated heterocycles. The van der Waals surface area contributed by atoms with Gasteiger partial charge in [-0.2, -0.15) is 0 Å². The molecule has 6 aromatic carbocycles. The Morgan fingerprint density at radius 3 is 0.667 bits per heavy atom. The van der Waals surface area contributed by atoms with Gasteiger partial charge in [0.1, 0.15) is 0 Å². The molecule has 6 aromatic rings. The first-order chi connectivity index (χ1) is 37.4. The highest BCUT2D eigenvalue weighted by atomic mass is 28.4. The highest BCUT2D eigenvalue weighted by Crippen LogP contribution is 2.11. The average Bonchev–Trinajstić information content (AvgIpc) is 3.49. The van der Waals surface area contributed by atoms with Crippen molar-refractivity contribution >= 4 is 82.5 Å². The Labute approximate surface area is 478 Å². The summed E-state index contributed by atoms with van der Waals surface area (Å²) in [6.07, 6.45) is 0. The van der Waals surface area contributed by atoms with Crippen LogP contribution in [0.25, 0.3) is 0 Å². The summed E-state index contributed by atoms with van der Waals surface area (Å²) in [6, 6.07) is 62.4. The lowest BCUT2D eigenvalue weighted by Crippen LogP contribution is -2.58. The lowest BCUT2D eigenvalue weighted by atomic mass is 10.4. The molecule has 0 atom stereocenters. The van der Waals surface area contributed by atoms with Gasteiger partial charge in [0.15, 0.2) is 0 Å². The Balaban J connectivity index is 0.000000475. The Hall–Kier alpha value is -3.86. The second kappa shape index (κ2) is 39.5. The lowest BCUT2D eigenvalue weighted by molar-refractivity contribution is 0.0783. The van der Waals surface area contributed by atoms with Crippen molar-refractivity contribution in [1.82, 2.24) is 0 Å². The number of hydrogen-bond acceptors (Lipinski definition) is 12. The third-order valence-electron chi connectivity index (χ3n) is 12.7. The summed E-state index contributed by atoms with van der Waals surface area (Å²) in [4.78, 5) is 0. The van der Waals surface area contributed by atoms with Crippen molar-refractivity contribution in [3.05, 3.63) is 182 Å². The zero-order valence-corrected chi connectivity index (χ0v) is 56.5. The Morgan fingerprint density at radius 2 is 0.462 bits per heavy atom.